The Kier molecular flexibility index (Phi) is 32.8. The number of hydrogen-bond acceptors (Lipinski definition) is 3. The molecule has 3 atom stereocenters. The van der Waals surface area contributed by atoms with Gasteiger partial charge in [-0.3, -0.25) is 0 Å². The summed E-state index contributed by atoms with van der Waals surface area (Å²) in [5.41, 5.74) is 0. The van der Waals surface area contributed by atoms with Gasteiger partial charge in [-0.2, -0.15) is 0 Å². The summed E-state index contributed by atoms with van der Waals surface area (Å²) in [6.45, 7) is 11.2. The molecule has 16 heavy (non-hydrogen) atoms. The first-order valence-electron chi connectivity index (χ1n) is 5.85. The van der Waals surface area contributed by atoms with Crippen LogP contribution in [0.4, 0.5) is 0 Å². The molecule has 0 radical (unpaired) electrons. The van der Waals surface area contributed by atoms with Crippen LogP contribution in [0.25, 0.3) is 0 Å². The molecular formula is C12H30FeO3. The predicted octanol–water partition coefficient (Wildman–Crippen LogP) is 2.33. The zero-order valence-corrected chi connectivity index (χ0v) is 12.7. The van der Waals surface area contributed by atoms with Gasteiger partial charge in [0.15, 0.2) is 0 Å². The Bertz CT molecular complexity index is 77.2. The van der Waals surface area contributed by atoms with Crippen LogP contribution >= 0.6 is 0 Å². The fourth-order valence-electron chi connectivity index (χ4n) is 0. The third-order valence-corrected chi connectivity index (χ3v) is 1.77. The van der Waals surface area contributed by atoms with E-state index >= 15 is 0 Å². The molecule has 0 aliphatic rings. The Morgan fingerprint density at radius 3 is 0.688 bits per heavy atom. The SMILES string of the molecule is CCC(C)O.CCC(C)O.CCC(C)O.[Fe]. The van der Waals surface area contributed by atoms with Crippen LogP contribution in [0.15, 0.2) is 0 Å². The normalized spacial score (nSPS) is 14.1. The molecule has 0 fully saturated rings. The van der Waals surface area contributed by atoms with Gasteiger partial charge in [-0.05, 0) is 40.0 Å². The molecule has 104 valence electrons. The third-order valence-electron chi connectivity index (χ3n) is 1.77. The second-order valence-corrected chi connectivity index (χ2v) is 3.77. The van der Waals surface area contributed by atoms with Gasteiger partial charge >= 0.3 is 0 Å². The first-order valence-corrected chi connectivity index (χ1v) is 5.85. The van der Waals surface area contributed by atoms with E-state index in [-0.39, 0.29) is 35.4 Å². The Hall–Kier alpha value is 0.399. The predicted molar refractivity (Wildman–Crippen MR) is 65.9 cm³/mol. The Morgan fingerprint density at radius 2 is 0.688 bits per heavy atom. The minimum absolute atomic E-state index is 0. The maximum atomic E-state index is 8.36. The quantitative estimate of drug-likeness (QED) is 0.694. The smallest absolute Gasteiger partial charge is 0.0509 e. The summed E-state index contributed by atoms with van der Waals surface area (Å²) >= 11 is 0. The molecule has 4 heteroatoms. The largest absolute Gasteiger partial charge is 0.393 e. The third kappa shape index (κ3) is 63.1. The average Bonchev–Trinajstić information content (AvgIpc) is 2.19. The van der Waals surface area contributed by atoms with Gasteiger partial charge in [0.1, 0.15) is 0 Å². The Labute approximate surface area is 112 Å². The van der Waals surface area contributed by atoms with Gasteiger partial charge in [0.05, 0.1) is 18.3 Å². The van der Waals surface area contributed by atoms with Crippen molar-refractivity contribution in [1.82, 2.24) is 0 Å². The zero-order chi connectivity index (χ0) is 12.9. The van der Waals surface area contributed by atoms with Crippen LogP contribution in [-0.2, 0) is 17.1 Å². The van der Waals surface area contributed by atoms with E-state index in [2.05, 4.69) is 0 Å². The van der Waals surface area contributed by atoms with Gasteiger partial charge in [-0.1, -0.05) is 20.8 Å². The summed E-state index contributed by atoms with van der Waals surface area (Å²) < 4.78 is 0. The molecule has 0 rings (SSSR count). The standard InChI is InChI=1S/3C4H10O.Fe/c3*1-3-4(2)5;/h3*4-5H,3H2,1-2H3;. The van der Waals surface area contributed by atoms with Gasteiger partial charge in [0, 0.05) is 17.1 Å². The van der Waals surface area contributed by atoms with E-state index in [0.29, 0.717) is 0 Å². The molecule has 0 bridgehead atoms. The van der Waals surface area contributed by atoms with Crippen molar-refractivity contribution >= 4 is 0 Å². The first-order chi connectivity index (χ1) is 6.81. The van der Waals surface area contributed by atoms with Crippen molar-refractivity contribution in [1.29, 1.82) is 0 Å². The number of aliphatic hydroxyl groups is 3. The van der Waals surface area contributed by atoms with Crippen molar-refractivity contribution in [3.8, 4) is 0 Å². The second-order valence-electron chi connectivity index (χ2n) is 3.77. The fourth-order valence-corrected chi connectivity index (χ4v) is 0. The molecule has 0 aliphatic heterocycles. The zero-order valence-electron chi connectivity index (χ0n) is 11.5. The van der Waals surface area contributed by atoms with Crippen molar-refractivity contribution in [2.24, 2.45) is 0 Å². The summed E-state index contributed by atoms with van der Waals surface area (Å²) in [6, 6.07) is 0. The molecule has 0 aromatic carbocycles. The summed E-state index contributed by atoms with van der Waals surface area (Å²) in [7, 11) is 0. The van der Waals surface area contributed by atoms with Crippen LogP contribution < -0.4 is 0 Å². The van der Waals surface area contributed by atoms with E-state index in [0.717, 1.165) is 19.3 Å². The number of aliphatic hydroxyl groups excluding tert-OH is 3. The fraction of sp³-hybridized carbons (Fsp3) is 1.00. The van der Waals surface area contributed by atoms with E-state index in [4.69, 9.17) is 15.3 Å². The molecule has 3 nitrogen and oxygen atoms in total. The van der Waals surface area contributed by atoms with Crippen LogP contribution in [0.5, 0.6) is 0 Å². The molecule has 0 saturated heterocycles. The van der Waals surface area contributed by atoms with Gasteiger partial charge in [0.25, 0.3) is 0 Å². The summed E-state index contributed by atoms with van der Waals surface area (Å²) in [5, 5.41) is 25.1. The molecule has 0 aliphatic carbocycles. The Morgan fingerprint density at radius 1 is 0.625 bits per heavy atom. The summed E-state index contributed by atoms with van der Waals surface area (Å²) in [6.07, 6.45) is 2.24. The van der Waals surface area contributed by atoms with Crippen LogP contribution in [0.2, 0.25) is 0 Å². The van der Waals surface area contributed by atoms with Crippen LogP contribution in [0.1, 0.15) is 60.8 Å². The Balaban J connectivity index is -0.0000000655. The van der Waals surface area contributed by atoms with Crippen molar-refractivity contribution in [2.45, 2.75) is 79.1 Å². The molecule has 0 aromatic heterocycles. The van der Waals surface area contributed by atoms with Crippen molar-refractivity contribution < 1.29 is 32.4 Å². The summed E-state index contributed by atoms with van der Waals surface area (Å²) in [5.74, 6) is 0. The summed E-state index contributed by atoms with van der Waals surface area (Å²) in [4.78, 5) is 0. The number of rotatable bonds is 3. The molecule has 3 N–H and O–H groups in total. The maximum Gasteiger partial charge on any atom is 0.0509 e. The van der Waals surface area contributed by atoms with Gasteiger partial charge in [-0.15, -0.1) is 0 Å². The van der Waals surface area contributed by atoms with Gasteiger partial charge in [0.2, 0.25) is 0 Å². The van der Waals surface area contributed by atoms with Crippen molar-refractivity contribution in [3.05, 3.63) is 0 Å². The molecule has 0 aromatic rings. The van der Waals surface area contributed by atoms with Crippen LogP contribution in [-0.4, -0.2) is 33.6 Å². The molecular weight excluding hydrogens is 248 g/mol. The molecule has 3 unspecified atom stereocenters. The first kappa shape index (κ1) is 25.3. The van der Waals surface area contributed by atoms with Gasteiger partial charge in [-0.25, -0.2) is 0 Å². The minimum Gasteiger partial charge on any atom is -0.393 e. The van der Waals surface area contributed by atoms with E-state index in [9.17, 15) is 0 Å². The van der Waals surface area contributed by atoms with Crippen LogP contribution in [0, 0.1) is 0 Å². The molecule has 0 heterocycles. The minimum atomic E-state index is -0.116. The molecule has 0 amide bonds. The van der Waals surface area contributed by atoms with E-state index in [1.54, 1.807) is 20.8 Å². The van der Waals surface area contributed by atoms with E-state index < -0.39 is 0 Å². The molecule has 0 spiro atoms. The second kappa shape index (κ2) is 20.8. The van der Waals surface area contributed by atoms with E-state index in [1.165, 1.54) is 0 Å². The topological polar surface area (TPSA) is 60.7 Å². The van der Waals surface area contributed by atoms with Gasteiger partial charge < -0.3 is 15.3 Å². The number of hydrogen-bond donors (Lipinski definition) is 3. The monoisotopic (exact) mass is 278 g/mol. The maximum absolute atomic E-state index is 8.36. The average molecular weight is 278 g/mol. The van der Waals surface area contributed by atoms with E-state index in [1.807, 2.05) is 20.8 Å². The molecule has 0 saturated carbocycles. The van der Waals surface area contributed by atoms with Crippen molar-refractivity contribution in [3.63, 3.8) is 0 Å². The van der Waals surface area contributed by atoms with Crippen LogP contribution in [0.3, 0.4) is 0 Å². The van der Waals surface area contributed by atoms with Crippen molar-refractivity contribution in [2.75, 3.05) is 0 Å².